The topological polar surface area (TPSA) is 18.5 Å². The van der Waals surface area contributed by atoms with Gasteiger partial charge < -0.3 is 15.1 Å². The molecule has 3 heteroatoms. The van der Waals surface area contributed by atoms with Crippen LogP contribution in [0.2, 0.25) is 0 Å². The summed E-state index contributed by atoms with van der Waals surface area (Å²) in [4.78, 5) is 4.99. The molecule has 0 saturated heterocycles. The fraction of sp³-hybridized carbons (Fsp3) is 1.00. The molecule has 1 N–H and O–H groups in total. The standard InChI is InChI=1S/C15H33N3/c1-5-16-14-8-10-15(11-9-14)18(6-2)13-7-12-17(3)4/h14-16H,5-13H2,1-4H3. The average molecular weight is 255 g/mol. The molecular formula is C15H33N3. The first kappa shape index (κ1) is 15.9. The summed E-state index contributed by atoms with van der Waals surface area (Å²) in [5.74, 6) is 0. The van der Waals surface area contributed by atoms with Gasteiger partial charge in [-0.2, -0.15) is 0 Å². The maximum Gasteiger partial charge on any atom is 0.00963 e. The quantitative estimate of drug-likeness (QED) is 0.717. The highest BCUT2D eigenvalue weighted by Gasteiger charge is 2.24. The van der Waals surface area contributed by atoms with Crippen LogP contribution in [0.15, 0.2) is 0 Å². The van der Waals surface area contributed by atoms with E-state index in [4.69, 9.17) is 0 Å². The lowest BCUT2D eigenvalue weighted by molar-refractivity contribution is 0.145. The summed E-state index contributed by atoms with van der Waals surface area (Å²) in [6.45, 7) is 9.34. The lowest BCUT2D eigenvalue weighted by atomic mass is 9.90. The number of rotatable bonds is 8. The fourth-order valence-electron chi connectivity index (χ4n) is 3.12. The van der Waals surface area contributed by atoms with Crippen molar-refractivity contribution in [1.29, 1.82) is 0 Å². The van der Waals surface area contributed by atoms with Crippen LogP contribution in [-0.2, 0) is 0 Å². The second-order valence-electron chi connectivity index (χ2n) is 5.85. The molecule has 1 aliphatic rings. The smallest absolute Gasteiger partial charge is 0.00963 e. The average Bonchev–Trinajstić information content (AvgIpc) is 2.36. The predicted molar refractivity (Wildman–Crippen MR) is 80.1 cm³/mol. The van der Waals surface area contributed by atoms with E-state index in [0.29, 0.717) is 0 Å². The maximum atomic E-state index is 3.59. The zero-order valence-electron chi connectivity index (χ0n) is 12.9. The Morgan fingerprint density at radius 3 is 2.17 bits per heavy atom. The van der Waals surface area contributed by atoms with Gasteiger partial charge in [0.05, 0.1) is 0 Å². The molecule has 0 atom stereocenters. The van der Waals surface area contributed by atoms with E-state index < -0.39 is 0 Å². The number of nitrogens with one attached hydrogen (secondary N) is 1. The number of hydrogen-bond acceptors (Lipinski definition) is 3. The summed E-state index contributed by atoms with van der Waals surface area (Å²) < 4.78 is 0. The molecule has 3 nitrogen and oxygen atoms in total. The minimum atomic E-state index is 0.784. The molecule has 0 aromatic rings. The Bertz CT molecular complexity index is 198. The van der Waals surface area contributed by atoms with Gasteiger partial charge in [0, 0.05) is 12.1 Å². The first-order chi connectivity index (χ1) is 8.67. The SMILES string of the molecule is CCNC1CCC(N(CC)CCCN(C)C)CC1. The van der Waals surface area contributed by atoms with E-state index in [1.165, 1.54) is 51.7 Å². The van der Waals surface area contributed by atoms with Crippen molar-refractivity contribution in [2.75, 3.05) is 40.3 Å². The number of nitrogens with zero attached hydrogens (tertiary/aromatic N) is 2. The summed E-state index contributed by atoms with van der Waals surface area (Å²) in [6.07, 6.45) is 6.79. The van der Waals surface area contributed by atoms with Gasteiger partial charge in [-0.05, 0) is 72.4 Å². The normalized spacial score (nSPS) is 25.0. The summed E-state index contributed by atoms with van der Waals surface area (Å²) in [7, 11) is 4.33. The molecule has 0 heterocycles. The zero-order valence-corrected chi connectivity index (χ0v) is 12.9. The van der Waals surface area contributed by atoms with Crippen molar-refractivity contribution in [3.05, 3.63) is 0 Å². The largest absolute Gasteiger partial charge is 0.314 e. The van der Waals surface area contributed by atoms with E-state index in [1.54, 1.807) is 0 Å². The Labute approximate surface area is 114 Å². The molecule has 1 saturated carbocycles. The van der Waals surface area contributed by atoms with E-state index in [1.807, 2.05) is 0 Å². The van der Waals surface area contributed by atoms with E-state index in [-0.39, 0.29) is 0 Å². The molecule has 1 fully saturated rings. The van der Waals surface area contributed by atoms with Gasteiger partial charge in [-0.1, -0.05) is 13.8 Å². The van der Waals surface area contributed by atoms with Gasteiger partial charge in [-0.15, -0.1) is 0 Å². The third-order valence-corrected chi connectivity index (χ3v) is 4.16. The van der Waals surface area contributed by atoms with Crippen molar-refractivity contribution in [3.63, 3.8) is 0 Å². The first-order valence-electron chi connectivity index (χ1n) is 7.79. The molecule has 0 amide bonds. The molecule has 1 rings (SSSR count). The second kappa shape index (κ2) is 8.89. The highest BCUT2D eigenvalue weighted by Crippen LogP contribution is 2.23. The summed E-state index contributed by atoms with van der Waals surface area (Å²) in [5.41, 5.74) is 0. The maximum absolute atomic E-state index is 3.59. The summed E-state index contributed by atoms with van der Waals surface area (Å²) >= 11 is 0. The summed E-state index contributed by atoms with van der Waals surface area (Å²) in [5, 5.41) is 3.59. The Morgan fingerprint density at radius 1 is 1.00 bits per heavy atom. The van der Waals surface area contributed by atoms with E-state index in [9.17, 15) is 0 Å². The van der Waals surface area contributed by atoms with Crippen molar-refractivity contribution < 1.29 is 0 Å². The van der Waals surface area contributed by atoms with Crippen molar-refractivity contribution in [2.45, 2.75) is 58.0 Å². The Hall–Kier alpha value is -0.120. The van der Waals surface area contributed by atoms with Crippen LogP contribution < -0.4 is 5.32 Å². The van der Waals surface area contributed by atoms with Gasteiger partial charge in [0.2, 0.25) is 0 Å². The highest BCUT2D eigenvalue weighted by atomic mass is 15.2. The van der Waals surface area contributed by atoms with E-state index >= 15 is 0 Å². The molecule has 1 aliphatic carbocycles. The van der Waals surface area contributed by atoms with Gasteiger partial charge in [0.15, 0.2) is 0 Å². The van der Waals surface area contributed by atoms with Crippen LogP contribution in [-0.4, -0.2) is 62.2 Å². The fourth-order valence-corrected chi connectivity index (χ4v) is 3.12. The molecular weight excluding hydrogens is 222 g/mol. The molecule has 18 heavy (non-hydrogen) atoms. The van der Waals surface area contributed by atoms with Gasteiger partial charge >= 0.3 is 0 Å². The van der Waals surface area contributed by atoms with Gasteiger partial charge in [0.1, 0.15) is 0 Å². The minimum Gasteiger partial charge on any atom is -0.314 e. The monoisotopic (exact) mass is 255 g/mol. The minimum absolute atomic E-state index is 0.784. The Balaban J connectivity index is 2.25. The number of hydrogen-bond donors (Lipinski definition) is 1. The van der Waals surface area contributed by atoms with Crippen molar-refractivity contribution in [1.82, 2.24) is 15.1 Å². The molecule has 0 aromatic carbocycles. The van der Waals surface area contributed by atoms with Crippen LogP contribution in [0.3, 0.4) is 0 Å². The van der Waals surface area contributed by atoms with Crippen LogP contribution in [0.4, 0.5) is 0 Å². The van der Waals surface area contributed by atoms with Crippen molar-refractivity contribution in [2.24, 2.45) is 0 Å². The van der Waals surface area contributed by atoms with E-state index in [2.05, 4.69) is 43.1 Å². The van der Waals surface area contributed by atoms with E-state index in [0.717, 1.165) is 18.6 Å². The molecule has 0 radical (unpaired) electrons. The van der Waals surface area contributed by atoms with Crippen molar-refractivity contribution >= 4 is 0 Å². The lowest BCUT2D eigenvalue weighted by Crippen LogP contribution is -2.43. The van der Waals surface area contributed by atoms with Crippen LogP contribution in [0, 0.1) is 0 Å². The van der Waals surface area contributed by atoms with Crippen LogP contribution in [0.1, 0.15) is 46.0 Å². The van der Waals surface area contributed by atoms with Gasteiger partial charge in [-0.3, -0.25) is 0 Å². The van der Waals surface area contributed by atoms with Gasteiger partial charge in [-0.25, -0.2) is 0 Å². The van der Waals surface area contributed by atoms with Gasteiger partial charge in [0.25, 0.3) is 0 Å². The molecule has 108 valence electrons. The van der Waals surface area contributed by atoms with Crippen LogP contribution in [0.5, 0.6) is 0 Å². The highest BCUT2D eigenvalue weighted by molar-refractivity contribution is 4.82. The summed E-state index contributed by atoms with van der Waals surface area (Å²) in [6, 6.07) is 1.62. The molecule has 0 unspecified atom stereocenters. The molecule has 0 aliphatic heterocycles. The van der Waals surface area contributed by atoms with Crippen LogP contribution in [0.25, 0.3) is 0 Å². The first-order valence-corrected chi connectivity index (χ1v) is 7.79. The molecule has 0 bridgehead atoms. The van der Waals surface area contributed by atoms with Crippen molar-refractivity contribution in [3.8, 4) is 0 Å². The molecule has 0 aromatic heterocycles. The Morgan fingerprint density at radius 2 is 1.67 bits per heavy atom. The second-order valence-corrected chi connectivity index (χ2v) is 5.85. The van der Waals surface area contributed by atoms with Crippen LogP contribution >= 0.6 is 0 Å². The third-order valence-electron chi connectivity index (χ3n) is 4.16. The lowest BCUT2D eigenvalue weighted by Gasteiger charge is -2.36. The predicted octanol–water partition coefficient (Wildman–Crippen LogP) is 2.18. The zero-order chi connectivity index (χ0) is 13.4. The Kier molecular flexibility index (Phi) is 7.87. The third kappa shape index (κ3) is 5.68. The molecule has 0 spiro atoms.